The minimum atomic E-state index is -3.11. The molecule has 0 radical (unpaired) electrons. The highest BCUT2D eigenvalue weighted by molar-refractivity contribution is 7.56. The minimum Gasteiger partial charge on any atom is -0.432 e. The summed E-state index contributed by atoms with van der Waals surface area (Å²) in [6, 6.07) is 17.0. The molecule has 4 nitrogen and oxygen atoms in total. The van der Waals surface area contributed by atoms with Crippen LogP contribution in [0.15, 0.2) is 54.6 Å². The van der Waals surface area contributed by atoms with Crippen LogP contribution in [0.5, 0.6) is 5.75 Å². The van der Waals surface area contributed by atoms with Gasteiger partial charge in [0.05, 0.1) is 11.0 Å². The van der Waals surface area contributed by atoms with Gasteiger partial charge >= 0.3 is 7.52 Å². The van der Waals surface area contributed by atoms with Crippen LogP contribution in [0.25, 0.3) is 10.1 Å². The lowest BCUT2D eigenvalue weighted by molar-refractivity contribution is 0.112. The molecule has 1 atom stereocenters. The van der Waals surface area contributed by atoms with Crippen molar-refractivity contribution in [2.24, 2.45) is 0 Å². The lowest BCUT2D eigenvalue weighted by Crippen LogP contribution is -2.23. The third-order valence-corrected chi connectivity index (χ3v) is 6.80. The number of nitrogens with one attached hydrogen (secondary N) is 1. The first kappa shape index (κ1) is 17.9. The number of para-hydroxylation sites is 1. The molecule has 0 aliphatic heterocycles. The van der Waals surface area contributed by atoms with Crippen molar-refractivity contribution in [2.75, 3.05) is 0 Å². The number of hydrogen-bond donors (Lipinski definition) is 1. The van der Waals surface area contributed by atoms with Gasteiger partial charge in [0.1, 0.15) is 5.75 Å². The molecule has 0 spiro atoms. The Hall–Kier alpha value is -1.94. The summed E-state index contributed by atoms with van der Waals surface area (Å²) in [5.74, 6) is 0.582. The largest absolute Gasteiger partial charge is 0.432 e. The highest BCUT2D eigenvalue weighted by Gasteiger charge is 2.26. The van der Waals surface area contributed by atoms with Gasteiger partial charge in [-0.25, -0.2) is 5.09 Å². The maximum Gasteiger partial charge on any atom is 0.321 e. The number of benzene rings is 2. The van der Waals surface area contributed by atoms with Gasteiger partial charge in [-0.1, -0.05) is 24.3 Å². The zero-order chi connectivity index (χ0) is 17.9. The van der Waals surface area contributed by atoms with E-state index in [1.54, 1.807) is 12.1 Å². The van der Waals surface area contributed by atoms with E-state index in [-0.39, 0.29) is 12.2 Å². The molecule has 0 saturated carbocycles. The van der Waals surface area contributed by atoms with Gasteiger partial charge in [0, 0.05) is 10.7 Å². The van der Waals surface area contributed by atoms with Crippen LogP contribution in [0.4, 0.5) is 0 Å². The highest BCUT2D eigenvalue weighted by atomic mass is 32.1. The number of carbonyl (C=O) groups is 1. The second kappa shape index (κ2) is 7.52. The van der Waals surface area contributed by atoms with E-state index < -0.39 is 7.52 Å². The molecule has 0 saturated heterocycles. The lowest BCUT2D eigenvalue weighted by Gasteiger charge is -2.23. The molecule has 1 N–H and O–H groups in total. The first-order valence-corrected chi connectivity index (χ1v) is 10.7. The van der Waals surface area contributed by atoms with Crippen molar-refractivity contribution in [3.63, 3.8) is 0 Å². The molecule has 25 heavy (non-hydrogen) atoms. The van der Waals surface area contributed by atoms with Crippen LogP contribution in [0.3, 0.4) is 0 Å². The third-order valence-electron chi connectivity index (χ3n) is 3.56. The quantitative estimate of drug-likeness (QED) is 0.440. The van der Waals surface area contributed by atoms with Gasteiger partial charge in [0.15, 0.2) is 6.29 Å². The molecule has 0 aliphatic carbocycles. The Morgan fingerprint density at radius 1 is 1.16 bits per heavy atom. The summed E-state index contributed by atoms with van der Waals surface area (Å²) in [5.41, 5.74) is 0.912. The summed E-state index contributed by atoms with van der Waals surface area (Å²) in [5, 5.41) is 4.08. The van der Waals surface area contributed by atoms with Gasteiger partial charge in [0.2, 0.25) is 0 Å². The molecule has 0 amide bonds. The van der Waals surface area contributed by atoms with Crippen LogP contribution >= 0.6 is 18.9 Å². The molecule has 2 aromatic carbocycles. The topological polar surface area (TPSA) is 55.4 Å². The zero-order valence-corrected chi connectivity index (χ0v) is 15.8. The van der Waals surface area contributed by atoms with Gasteiger partial charge < -0.3 is 4.52 Å². The van der Waals surface area contributed by atoms with Crippen LogP contribution in [0, 0.1) is 0 Å². The predicted molar refractivity (Wildman–Crippen MR) is 104 cm³/mol. The molecule has 1 aromatic heterocycles. The lowest BCUT2D eigenvalue weighted by atomic mass is 10.2. The van der Waals surface area contributed by atoms with Crippen molar-refractivity contribution in [1.82, 2.24) is 5.09 Å². The van der Waals surface area contributed by atoms with E-state index in [1.165, 1.54) is 11.3 Å². The molecule has 0 aliphatic rings. The van der Waals surface area contributed by atoms with Crippen LogP contribution < -0.4 is 9.61 Å². The van der Waals surface area contributed by atoms with Crippen molar-refractivity contribution in [1.29, 1.82) is 0 Å². The van der Waals surface area contributed by atoms with Gasteiger partial charge in [-0.2, -0.15) is 0 Å². The number of aldehydes is 1. The first-order chi connectivity index (χ1) is 12.0. The number of fused-ring (bicyclic) bond motifs is 1. The Balaban J connectivity index is 1.89. The molecule has 0 bridgehead atoms. The molecule has 1 unspecified atom stereocenters. The normalized spacial score (nSPS) is 13.7. The molecule has 0 fully saturated rings. The molecule has 3 aromatic rings. The minimum absolute atomic E-state index is 0.0288. The van der Waals surface area contributed by atoms with Gasteiger partial charge in [-0.15, -0.1) is 11.3 Å². The van der Waals surface area contributed by atoms with Crippen molar-refractivity contribution >= 4 is 35.2 Å². The van der Waals surface area contributed by atoms with Crippen molar-refractivity contribution < 1.29 is 13.9 Å². The first-order valence-electron chi connectivity index (χ1n) is 8.06. The van der Waals surface area contributed by atoms with Crippen molar-refractivity contribution in [3.8, 4) is 5.75 Å². The highest BCUT2D eigenvalue weighted by Crippen LogP contribution is 2.47. The molecular weight excluding hydrogens is 353 g/mol. The summed E-state index contributed by atoms with van der Waals surface area (Å²) in [7, 11) is -3.11. The summed E-state index contributed by atoms with van der Waals surface area (Å²) in [4.78, 5) is 11.6. The molecule has 3 rings (SSSR count). The fourth-order valence-electron chi connectivity index (χ4n) is 2.66. The summed E-state index contributed by atoms with van der Waals surface area (Å²) >= 11 is 1.45. The Kier molecular flexibility index (Phi) is 5.38. The van der Waals surface area contributed by atoms with Gasteiger partial charge in [-0.05, 0) is 55.1 Å². The third kappa shape index (κ3) is 4.57. The van der Waals surface area contributed by atoms with E-state index in [2.05, 4.69) is 5.09 Å². The van der Waals surface area contributed by atoms with E-state index in [0.29, 0.717) is 10.6 Å². The Morgan fingerprint density at radius 3 is 2.60 bits per heavy atom. The Bertz CT molecular complexity index is 921. The maximum absolute atomic E-state index is 13.4. The number of carbonyl (C=O) groups excluding carboxylic acids is 1. The monoisotopic (exact) mass is 373 g/mol. The second-order valence-corrected chi connectivity index (χ2v) is 9.38. The second-order valence-electron chi connectivity index (χ2n) is 6.16. The molecule has 6 heteroatoms. The van der Waals surface area contributed by atoms with Gasteiger partial charge in [0.25, 0.3) is 0 Å². The van der Waals surface area contributed by atoms with E-state index >= 15 is 0 Å². The van der Waals surface area contributed by atoms with Gasteiger partial charge in [-0.3, -0.25) is 9.36 Å². The van der Waals surface area contributed by atoms with Crippen molar-refractivity contribution in [2.45, 2.75) is 26.1 Å². The van der Waals surface area contributed by atoms with Crippen LogP contribution in [0.2, 0.25) is 0 Å². The van der Waals surface area contributed by atoms with Crippen LogP contribution in [-0.2, 0) is 10.7 Å². The Labute approximate surface area is 151 Å². The van der Waals surface area contributed by atoms with E-state index in [4.69, 9.17) is 4.52 Å². The summed E-state index contributed by atoms with van der Waals surface area (Å²) in [6.07, 6.45) is 1.14. The number of rotatable bonds is 7. The summed E-state index contributed by atoms with van der Waals surface area (Å²) < 4.78 is 20.3. The average Bonchev–Trinajstić information content (AvgIpc) is 2.97. The molecule has 1 heterocycles. The maximum atomic E-state index is 13.4. The summed E-state index contributed by atoms with van der Waals surface area (Å²) in [6.45, 7) is 3.89. The van der Waals surface area contributed by atoms with Crippen LogP contribution in [-0.4, -0.2) is 12.3 Å². The standard InChI is InChI=1S/C19H20NO3PS/c1-14(2)20-24(22,23-17-6-4-3-5-7-17)13-15-8-9-19-16(10-15)11-18(12-21)25-19/h3-12,14H,13H2,1-2H3,(H,20,22). The van der Waals surface area contributed by atoms with E-state index in [0.717, 1.165) is 21.9 Å². The zero-order valence-electron chi connectivity index (χ0n) is 14.1. The molecule has 130 valence electrons. The SMILES string of the molecule is CC(C)NP(=O)(Cc1ccc2sc(C=O)cc2c1)Oc1ccccc1. The predicted octanol–water partition coefficient (Wildman–Crippen LogP) is 5.48. The smallest absolute Gasteiger partial charge is 0.321 e. The average molecular weight is 373 g/mol. The molecular formula is C19H20NO3PS. The van der Waals surface area contributed by atoms with E-state index in [1.807, 2.05) is 56.3 Å². The fourth-order valence-corrected chi connectivity index (χ4v) is 5.65. The van der Waals surface area contributed by atoms with E-state index in [9.17, 15) is 9.36 Å². The van der Waals surface area contributed by atoms with Crippen LogP contribution in [0.1, 0.15) is 29.1 Å². The Morgan fingerprint density at radius 2 is 1.92 bits per heavy atom. The number of thiophene rings is 1. The number of hydrogen-bond acceptors (Lipinski definition) is 4. The fraction of sp³-hybridized carbons (Fsp3) is 0.211. The van der Waals surface area contributed by atoms with Crippen molar-refractivity contribution in [3.05, 3.63) is 65.0 Å².